The maximum absolute atomic E-state index is 11.5. The van der Waals surface area contributed by atoms with Gasteiger partial charge in [-0.25, -0.2) is 4.98 Å². The van der Waals surface area contributed by atoms with Crippen LogP contribution in [0.5, 0.6) is 0 Å². The Morgan fingerprint density at radius 3 is 2.79 bits per heavy atom. The van der Waals surface area contributed by atoms with Crippen molar-refractivity contribution in [1.29, 1.82) is 0 Å². The zero-order valence-electron chi connectivity index (χ0n) is 18.4. The largest absolute Gasteiger partial charge is 0.389 e. The molecule has 4 nitrogen and oxygen atoms in total. The number of aromatic nitrogens is 2. The Morgan fingerprint density at radius 1 is 1.21 bits per heavy atom. The third kappa shape index (κ3) is 4.29. The van der Waals surface area contributed by atoms with E-state index in [0.717, 1.165) is 55.6 Å². The lowest BCUT2D eigenvalue weighted by molar-refractivity contribution is -0.0685. The van der Waals surface area contributed by atoms with Crippen LogP contribution in [0.3, 0.4) is 0 Å². The quantitative estimate of drug-likeness (QED) is 0.581. The first kappa shape index (κ1) is 20.6. The predicted molar refractivity (Wildman–Crippen MR) is 120 cm³/mol. The van der Waals surface area contributed by atoms with Crippen molar-refractivity contribution < 1.29 is 5.11 Å². The van der Waals surface area contributed by atoms with Crippen LogP contribution >= 0.6 is 0 Å². The number of aryl methyl sites for hydroxylation is 1. The molecule has 1 aromatic carbocycles. The van der Waals surface area contributed by atoms with Gasteiger partial charge in [0, 0.05) is 18.9 Å². The molecule has 2 bridgehead atoms. The smallest absolute Gasteiger partial charge is 0.107 e. The van der Waals surface area contributed by atoms with Crippen LogP contribution in [0.25, 0.3) is 11.0 Å². The van der Waals surface area contributed by atoms with Gasteiger partial charge in [0.25, 0.3) is 0 Å². The third-order valence-electron chi connectivity index (χ3n) is 7.41. The summed E-state index contributed by atoms with van der Waals surface area (Å²) in [7, 11) is 2.19. The van der Waals surface area contributed by atoms with E-state index in [1.165, 1.54) is 31.3 Å². The molecule has 3 unspecified atom stereocenters. The van der Waals surface area contributed by atoms with Gasteiger partial charge in [-0.2, -0.15) is 0 Å². The highest BCUT2D eigenvalue weighted by Gasteiger charge is 2.48. The fourth-order valence-electron chi connectivity index (χ4n) is 5.85. The second-order valence-corrected chi connectivity index (χ2v) is 9.45. The van der Waals surface area contributed by atoms with Gasteiger partial charge in [-0.3, -0.25) is 0 Å². The fraction of sp³-hybridized carbons (Fsp3) is 0.640. The minimum Gasteiger partial charge on any atom is -0.389 e. The molecule has 2 N–H and O–H groups in total. The zero-order chi connectivity index (χ0) is 20.4. The topological polar surface area (TPSA) is 52.1 Å². The van der Waals surface area contributed by atoms with E-state index in [4.69, 9.17) is 0 Å². The molecular formula is C25H37N3O. The number of nitrogens with zero attached hydrogens (tertiary/aromatic N) is 2. The van der Waals surface area contributed by atoms with Gasteiger partial charge in [-0.1, -0.05) is 36.6 Å². The molecule has 0 aliphatic heterocycles. The van der Waals surface area contributed by atoms with Crippen LogP contribution in [0.1, 0.15) is 64.6 Å². The number of nitrogens with one attached hydrogen (secondary N) is 1. The number of rotatable bonds is 9. The average molecular weight is 396 g/mol. The summed E-state index contributed by atoms with van der Waals surface area (Å²) in [5, 5.41) is 11.5. The molecule has 1 heterocycles. The van der Waals surface area contributed by atoms with Gasteiger partial charge in [0.1, 0.15) is 5.82 Å². The molecule has 1 fully saturated rings. The lowest BCUT2D eigenvalue weighted by Gasteiger charge is -2.51. The Labute approximate surface area is 175 Å². The first-order valence-electron chi connectivity index (χ1n) is 11.5. The third-order valence-corrected chi connectivity index (χ3v) is 7.41. The normalized spacial score (nSPS) is 26.8. The van der Waals surface area contributed by atoms with E-state index in [2.05, 4.69) is 47.9 Å². The highest BCUT2D eigenvalue weighted by Crippen LogP contribution is 2.52. The van der Waals surface area contributed by atoms with Crippen molar-refractivity contribution in [3.63, 3.8) is 0 Å². The van der Waals surface area contributed by atoms with E-state index in [0.29, 0.717) is 11.8 Å². The highest BCUT2D eigenvalue weighted by molar-refractivity contribution is 5.74. The summed E-state index contributed by atoms with van der Waals surface area (Å²) in [5.41, 5.74) is 4.88. The second-order valence-electron chi connectivity index (χ2n) is 9.45. The summed E-state index contributed by atoms with van der Waals surface area (Å²) < 4.78 is 0. The van der Waals surface area contributed by atoms with E-state index in [1.54, 1.807) is 5.57 Å². The first-order valence-corrected chi connectivity index (χ1v) is 11.5. The van der Waals surface area contributed by atoms with Gasteiger partial charge in [0.15, 0.2) is 0 Å². The summed E-state index contributed by atoms with van der Waals surface area (Å²) in [4.78, 5) is 10.5. The number of benzene rings is 1. The molecule has 158 valence electrons. The highest BCUT2D eigenvalue weighted by atomic mass is 16.3. The minimum atomic E-state index is -0.489. The number of allylic oxidation sites excluding steroid dienone is 1. The van der Waals surface area contributed by atoms with Crippen LogP contribution in [-0.2, 0) is 6.42 Å². The molecule has 0 saturated heterocycles. The Morgan fingerprint density at radius 2 is 2.03 bits per heavy atom. The molecule has 4 heteroatoms. The number of hydrogen-bond donors (Lipinski definition) is 2. The van der Waals surface area contributed by atoms with Crippen LogP contribution in [0.2, 0.25) is 0 Å². The van der Waals surface area contributed by atoms with Crippen LogP contribution in [0.15, 0.2) is 35.4 Å². The minimum absolute atomic E-state index is 0.387. The number of aromatic amines is 1. The Balaban J connectivity index is 1.27. The molecule has 0 spiro atoms. The Kier molecular flexibility index (Phi) is 6.12. The first-order chi connectivity index (χ1) is 14.0. The second kappa shape index (κ2) is 8.61. The van der Waals surface area contributed by atoms with Gasteiger partial charge in [0.05, 0.1) is 16.6 Å². The molecule has 29 heavy (non-hydrogen) atoms. The predicted octanol–water partition coefficient (Wildman–Crippen LogP) is 5.10. The van der Waals surface area contributed by atoms with Crippen molar-refractivity contribution in [2.45, 2.75) is 70.8 Å². The van der Waals surface area contributed by atoms with Crippen molar-refractivity contribution >= 4 is 11.0 Å². The number of aliphatic hydroxyl groups is 1. The van der Waals surface area contributed by atoms with Gasteiger partial charge in [0.2, 0.25) is 0 Å². The van der Waals surface area contributed by atoms with Crippen molar-refractivity contribution in [3.8, 4) is 0 Å². The molecular weight excluding hydrogens is 358 g/mol. The molecule has 0 amide bonds. The van der Waals surface area contributed by atoms with Crippen molar-refractivity contribution in [2.75, 3.05) is 20.1 Å². The molecule has 1 aromatic heterocycles. The van der Waals surface area contributed by atoms with Gasteiger partial charge < -0.3 is 15.0 Å². The van der Waals surface area contributed by atoms with Gasteiger partial charge in [-0.05, 0) is 77.1 Å². The summed E-state index contributed by atoms with van der Waals surface area (Å²) in [6, 6.07) is 8.22. The van der Waals surface area contributed by atoms with Crippen LogP contribution in [0, 0.1) is 11.8 Å². The van der Waals surface area contributed by atoms with E-state index in [-0.39, 0.29) is 0 Å². The van der Waals surface area contributed by atoms with Crippen LogP contribution in [-0.4, -0.2) is 45.7 Å². The monoisotopic (exact) mass is 395 g/mol. The molecule has 5 rings (SSSR count). The molecule has 0 radical (unpaired) electrons. The van der Waals surface area contributed by atoms with E-state index >= 15 is 0 Å². The molecule has 3 aliphatic carbocycles. The number of hydrogen-bond acceptors (Lipinski definition) is 3. The molecule has 2 aromatic rings. The van der Waals surface area contributed by atoms with Gasteiger partial charge in [-0.15, -0.1) is 0 Å². The average Bonchev–Trinajstić information content (AvgIpc) is 3.12. The van der Waals surface area contributed by atoms with E-state index in [9.17, 15) is 5.11 Å². The summed E-state index contributed by atoms with van der Waals surface area (Å²) in [5.74, 6) is 2.09. The lowest BCUT2D eigenvalue weighted by atomic mass is 9.58. The number of imidazole rings is 1. The standard InChI is InChI=1S/C25H37N3O/c1-4-8-20-18(2)21-13-12-19(20)17-25(21,29)14-16-28(3)15-7-11-24-26-22-9-5-6-10-23(22)27-24/h5-6,9-10,19,21,29H,4,7-8,11-17H2,1-3H3,(H,26,27). The Bertz CT molecular complexity index is 837. The van der Waals surface area contributed by atoms with Crippen molar-refractivity contribution in [2.24, 2.45) is 11.8 Å². The maximum Gasteiger partial charge on any atom is 0.107 e. The number of para-hydroxylation sites is 2. The van der Waals surface area contributed by atoms with Crippen LogP contribution in [0.4, 0.5) is 0 Å². The molecule has 3 atom stereocenters. The number of H-pyrrole nitrogens is 1. The summed E-state index contributed by atoms with van der Waals surface area (Å²) in [6.45, 7) is 6.57. The molecule has 3 aliphatic rings. The Hall–Kier alpha value is -1.65. The molecule has 1 saturated carbocycles. The summed E-state index contributed by atoms with van der Waals surface area (Å²) >= 11 is 0. The van der Waals surface area contributed by atoms with Crippen molar-refractivity contribution in [3.05, 3.63) is 41.2 Å². The van der Waals surface area contributed by atoms with E-state index < -0.39 is 5.60 Å². The van der Waals surface area contributed by atoms with Crippen LogP contribution < -0.4 is 0 Å². The van der Waals surface area contributed by atoms with Gasteiger partial charge >= 0.3 is 0 Å². The SMILES string of the molecule is CCCC1=C(C)C2CCC1CC2(O)CCN(C)CCCc1nc2ccccc2[nH]1. The lowest BCUT2D eigenvalue weighted by Crippen LogP contribution is -2.50. The fourth-order valence-corrected chi connectivity index (χ4v) is 5.85. The maximum atomic E-state index is 11.5. The summed E-state index contributed by atoms with van der Waals surface area (Å²) in [6.07, 6.45) is 8.84. The van der Waals surface area contributed by atoms with E-state index in [1.807, 2.05) is 12.1 Å². The zero-order valence-corrected chi connectivity index (χ0v) is 18.4. The van der Waals surface area contributed by atoms with Crippen molar-refractivity contribution in [1.82, 2.24) is 14.9 Å². The number of fused-ring (bicyclic) bond motifs is 3.